The minimum absolute atomic E-state index is 0.206. The van der Waals surface area contributed by atoms with Crippen molar-refractivity contribution in [2.24, 2.45) is 0 Å². The Hall–Kier alpha value is -0.460. The molecule has 1 aromatic rings. The van der Waals surface area contributed by atoms with Crippen LogP contribution in [0.5, 0.6) is 0 Å². The molecule has 2 rings (SSSR count). The SMILES string of the molecule is CCCNC(c1cccc(Br)c1F)C1CCCCS1(=O)=O. The molecule has 6 heteroatoms. The second-order valence-electron chi connectivity index (χ2n) is 5.48. The summed E-state index contributed by atoms with van der Waals surface area (Å²) in [7, 11) is -3.18. The van der Waals surface area contributed by atoms with Gasteiger partial charge in [0.1, 0.15) is 5.82 Å². The van der Waals surface area contributed by atoms with Crippen LogP contribution in [0, 0.1) is 5.82 Å². The van der Waals surface area contributed by atoms with Gasteiger partial charge in [0.25, 0.3) is 0 Å². The summed E-state index contributed by atoms with van der Waals surface area (Å²) in [6.07, 6.45) is 3.05. The number of sulfone groups is 1. The van der Waals surface area contributed by atoms with Gasteiger partial charge in [-0.05, 0) is 47.8 Å². The number of benzene rings is 1. The monoisotopic (exact) mass is 377 g/mol. The van der Waals surface area contributed by atoms with Crippen LogP contribution in [0.25, 0.3) is 0 Å². The molecule has 1 aliphatic heterocycles. The third-order valence-corrected chi connectivity index (χ3v) is 6.83. The molecular formula is C15H21BrFNO2S. The number of hydrogen-bond acceptors (Lipinski definition) is 3. The first kappa shape index (κ1) is 16.9. The van der Waals surface area contributed by atoms with Gasteiger partial charge in [0.2, 0.25) is 0 Å². The smallest absolute Gasteiger partial charge is 0.155 e. The Balaban J connectivity index is 2.40. The molecule has 21 heavy (non-hydrogen) atoms. The van der Waals surface area contributed by atoms with Crippen LogP contribution >= 0.6 is 15.9 Å². The van der Waals surface area contributed by atoms with Gasteiger partial charge >= 0.3 is 0 Å². The summed E-state index contributed by atoms with van der Waals surface area (Å²) in [5, 5.41) is 2.70. The van der Waals surface area contributed by atoms with Gasteiger partial charge in [-0.2, -0.15) is 0 Å². The van der Waals surface area contributed by atoms with E-state index < -0.39 is 21.1 Å². The van der Waals surface area contributed by atoms with Crippen molar-refractivity contribution in [2.75, 3.05) is 12.3 Å². The first-order valence-corrected chi connectivity index (χ1v) is 9.87. The molecule has 1 fully saturated rings. The van der Waals surface area contributed by atoms with E-state index in [1.54, 1.807) is 18.2 Å². The molecule has 2 unspecified atom stereocenters. The lowest BCUT2D eigenvalue weighted by molar-refractivity contribution is 0.432. The molecule has 1 aromatic carbocycles. The normalized spacial score (nSPS) is 22.9. The average molecular weight is 378 g/mol. The third kappa shape index (κ3) is 3.85. The van der Waals surface area contributed by atoms with Gasteiger partial charge in [0, 0.05) is 5.56 Å². The maximum atomic E-state index is 14.4. The predicted octanol–water partition coefficient (Wildman–Crippen LogP) is 3.60. The minimum Gasteiger partial charge on any atom is -0.309 e. The number of nitrogens with one attached hydrogen (secondary N) is 1. The van der Waals surface area contributed by atoms with Gasteiger partial charge in [-0.1, -0.05) is 25.5 Å². The van der Waals surface area contributed by atoms with Crippen molar-refractivity contribution in [3.05, 3.63) is 34.1 Å². The fourth-order valence-electron chi connectivity index (χ4n) is 2.86. The highest BCUT2D eigenvalue weighted by Crippen LogP contribution is 2.33. The van der Waals surface area contributed by atoms with Gasteiger partial charge in [-0.25, -0.2) is 12.8 Å². The van der Waals surface area contributed by atoms with Crippen LogP contribution in [-0.4, -0.2) is 26.0 Å². The van der Waals surface area contributed by atoms with Crippen molar-refractivity contribution in [1.82, 2.24) is 5.32 Å². The fourth-order valence-corrected chi connectivity index (χ4v) is 5.33. The molecule has 1 saturated heterocycles. The molecule has 2 atom stereocenters. The molecule has 0 aromatic heterocycles. The summed E-state index contributed by atoms with van der Waals surface area (Å²) >= 11 is 3.18. The van der Waals surface area contributed by atoms with Crippen molar-refractivity contribution >= 4 is 25.8 Å². The quantitative estimate of drug-likeness (QED) is 0.852. The molecule has 0 radical (unpaired) electrons. The maximum absolute atomic E-state index is 14.4. The first-order valence-electron chi connectivity index (χ1n) is 7.36. The molecule has 118 valence electrons. The summed E-state index contributed by atoms with van der Waals surface area (Å²) in [6, 6.07) is 4.58. The molecule has 3 nitrogen and oxygen atoms in total. The molecule has 1 N–H and O–H groups in total. The van der Waals surface area contributed by atoms with Crippen LogP contribution in [0.15, 0.2) is 22.7 Å². The zero-order valence-electron chi connectivity index (χ0n) is 12.1. The third-order valence-electron chi connectivity index (χ3n) is 3.93. The number of halogens is 2. The zero-order chi connectivity index (χ0) is 15.5. The van der Waals surface area contributed by atoms with Crippen LogP contribution < -0.4 is 5.32 Å². The van der Waals surface area contributed by atoms with E-state index in [0.29, 0.717) is 29.4 Å². The Morgan fingerprint density at radius 1 is 1.43 bits per heavy atom. The predicted molar refractivity (Wildman–Crippen MR) is 86.6 cm³/mol. The van der Waals surface area contributed by atoms with E-state index in [2.05, 4.69) is 21.2 Å². The highest BCUT2D eigenvalue weighted by molar-refractivity contribution is 9.10. The lowest BCUT2D eigenvalue weighted by Crippen LogP contribution is -2.41. The summed E-state index contributed by atoms with van der Waals surface area (Å²) in [4.78, 5) is 0. The summed E-state index contributed by atoms with van der Waals surface area (Å²) in [6.45, 7) is 2.68. The van der Waals surface area contributed by atoms with Gasteiger partial charge in [-0.15, -0.1) is 0 Å². The van der Waals surface area contributed by atoms with Gasteiger partial charge in [0.05, 0.1) is 21.5 Å². The Labute approximate surface area is 134 Å². The average Bonchev–Trinajstić information content (AvgIpc) is 2.44. The van der Waals surface area contributed by atoms with E-state index in [0.717, 1.165) is 12.8 Å². The molecular weight excluding hydrogens is 357 g/mol. The minimum atomic E-state index is -3.18. The van der Waals surface area contributed by atoms with Crippen molar-refractivity contribution < 1.29 is 12.8 Å². The second kappa shape index (κ2) is 7.20. The number of rotatable bonds is 5. The highest BCUT2D eigenvalue weighted by Gasteiger charge is 2.37. The number of hydrogen-bond donors (Lipinski definition) is 1. The van der Waals surface area contributed by atoms with Crippen LogP contribution in [0.4, 0.5) is 4.39 Å². The van der Waals surface area contributed by atoms with Crippen LogP contribution in [0.3, 0.4) is 0 Å². The molecule has 1 aliphatic rings. The summed E-state index contributed by atoms with van der Waals surface area (Å²) in [5.74, 6) is -0.163. The van der Waals surface area contributed by atoms with Crippen molar-refractivity contribution in [3.63, 3.8) is 0 Å². The molecule has 0 spiro atoms. The van der Waals surface area contributed by atoms with Crippen LogP contribution in [0.2, 0.25) is 0 Å². The molecule has 0 aliphatic carbocycles. The Morgan fingerprint density at radius 2 is 2.19 bits per heavy atom. The van der Waals surface area contributed by atoms with Crippen molar-refractivity contribution in [1.29, 1.82) is 0 Å². The Bertz CT molecular complexity index is 591. The fraction of sp³-hybridized carbons (Fsp3) is 0.600. The van der Waals surface area contributed by atoms with Gasteiger partial charge in [-0.3, -0.25) is 0 Å². The van der Waals surface area contributed by atoms with Gasteiger partial charge < -0.3 is 5.32 Å². The Kier molecular flexibility index (Phi) is 5.80. The molecule has 1 heterocycles. The zero-order valence-corrected chi connectivity index (χ0v) is 14.5. The van der Waals surface area contributed by atoms with E-state index in [9.17, 15) is 12.8 Å². The van der Waals surface area contributed by atoms with E-state index in [-0.39, 0.29) is 11.6 Å². The van der Waals surface area contributed by atoms with E-state index in [1.807, 2.05) is 6.92 Å². The Morgan fingerprint density at radius 3 is 2.86 bits per heavy atom. The molecule has 0 bridgehead atoms. The lowest BCUT2D eigenvalue weighted by atomic mass is 9.98. The van der Waals surface area contributed by atoms with Crippen LogP contribution in [-0.2, 0) is 9.84 Å². The van der Waals surface area contributed by atoms with E-state index in [4.69, 9.17) is 0 Å². The lowest BCUT2D eigenvalue weighted by Gasteiger charge is -2.31. The summed E-state index contributed by atoms with van der Waals surface area (Å²) in [5.41, 5.74) is 0.438. The largest absolute Gasteiger partial charge is 0.309 e. The summed E-state index contributed by atoms with van der Waals surface area (Å²) < 4.78 is 39.5. The van der Waals surface area contributed by atoms with Crippen LogP contribution in [0.1, 0.15) is 44.2 Å². The van der Waals surface area contributed by atoms with E-state index in [1.165, 1.54) is 0 Å². The van der Waals surface area contributed by atoms with Crippen molar-refractivity contribution in [2.45, 2.75) is 43.9 Å². The van der Waals surface area contributed by atoms with Gasteiger partial charge in [0.15, 0.2) is 9.84 Å². The maximum Gasteiger partial charge on any atom is 0.155 e. The first-order chi connectivity index (χ1) is 9.97. The van der Waals surface area contributed by atoms with E-state index >= 15 is 0 Å². The van der Waals surface area contributed by atoms with Crippen molar-refractivity contribution in [3.8, 4) is 0 Å². The topological polar surface area (TPSA) is 46.2 Å². The molecule has 0 saturated carbocycles. The second-order valence-corrected chi connectivity index (χ2v) is 8.67. The highest BCUT2D eigenvalue weighted by atomic mass is 79.9. The molecule has 0 amide bonds. The standard InChI is InChI=1S/C15H21BrFNO2S/c1-2-9-18-15(11-6-5-7-12(16)14(11)17)13-8-3-4-10-21(13,19)20/h5-7,13,15,18H,2-4,8-10H2,1H3.